The van der Waals surface area contributed by atoms with E-state index in [1.54, 1.807) is 12.4 Å². The number of amides is 1. The highest BCUT2D eigenvalue weighted by atomic mass is 16.5. The zero-order valence-electron chi connectivity index (χ0n) is 12.2. The van der Waals surface area contributed by atoms with Crippen LogP contribution in [0.1, 0.15) is 16.8 Å². The molecule has 0 aromatic carbocycles. The van der Waals surface area contributed by atoms with Crippen molar-refractivity contribution in [1.29, 1.82) is 0 Å². The topological polar surface area (TPSA) is 71.7 Å². The molecule has 114 valence electrons. The summed E-state index contributed by atoms with van der Waals surface area (Å²) >= 11 is 0. The van der Waals surface area contributed by atoms with Gasteiger partial charge in [0, 0.05) is 45.1 Å². The van der Waals surface area contributed by atoms with Gasteiger partial charge >= 0.3 is 0 Å². The molecule has 0 spiro atoms. The molecule has 0 bridgehead atoms. The third-order valence-corrected chi connectivity index (χ3v) is 4.31. The summed E-state index contributed by atoms with van der Waals surface area (Å²) in [5, 5.41) is 0. The molecule has 1 amide bonds. The van der Waals surface area contributed by atoms with Crippen molar-refractivity contribution in [2.24, 2.45) is 11.7 Å². The Hall–Kier alpha value is -1.66. The highest BCUT2D eigenvalue weighted by Crippen LogP contribution is 2.27. The number of nitrogens with zero attached hydrogens (tertiary/aromatic N) is 3. The minimum absolute atomic E-state index is 0.408. The first kappa shape index (κ1) is 14.3. The summed E-state index contributed by atoms with van der Waals surface area (Å²) < 4.78 is 5.39. The monoisotopic (exact) mass is 290 g/mol. The standard InChI is InChI=1S/C15H22N4O2/c16-15(20)13-9-17-3-1-14(13)19-4-2-12(11-19)10-18-5-7-21-8-6-18/h1,3,9,12H,2,4-8,10-11H2,(H2,16,20). The van der Waals surface area contributed by atoms with Crippen LogP contribution in [0.2, 0.25) is 0 Å². The predicted molar refractivity (Wildman–Crippen MR) is 80.3 cm³/mol. The summed E-state index contributed by atoms with van der Waals surface area (Å²) in [6.07, 6.45) is 4.43. The van der Waals surface area contributed by atoms with E-state index < -0.39 is 5.91 Å². The van der Waals surface area contributed by atoms with Crippen LogP contribution in [-0.2, 0) is 4.74 Å². The summed E-state index contributed by atoms with van der Waals surface area (Å²) in [6.45, 7) is 6.79. The maximum absolute atomic E-state index is 11.5. The molecular weight excluding hydrogens is 268 g/mol. The summed E-state index contributed by atoms with van der Waals surface area (Å²) in [5.41, 5.74) is 6.88. The number of carbonyl (C=O) groups excluding carboxylic acids is 1. The Morgan fingerprint density at radius 2 is 2.19 bits per heavy atom. The first-order valence-corrected chi connectivity index (χ1v) is 7.53. The lowest BCUT2D eigenvalue weighted by molar-refractivity contribution is 0.0320. The van der Waals surface area contributed by atoms with Crippen LogP contribution < -0.4 is 10.6 Å². The molecule has 2 aliphatic rings. The number of aromatic nitrogens is 1. The number of anilines is 1. The van der Waals surface area contributed by atoms with Crippen LogP contribution in [0, 0.1) is 5.92 Å². The Morgan fingerprint density at radius 1 is 1.38 bits per heavy atom. The summed E-state index contributed by atoms with van der Waals surface area (Å²) in [6, 6.07) is 1.89. The molecule has 21 heavy (non-hydrogen) atoms. The van der Waals surface area contributed by atoms with Crippen molar-refractivity contribution in [3.8, 4) is 0 Å². The number of morpholine rings is 1. The second-order valence-electron chi connectivity index (χ2n) is 5.77. The van der Waals surface area contributed by atoms with Gasteiger partial charge in [0.05, 0.1) is 24.5 Å². The van der Waals surface area contributed by atoms with Gasteiger partial charge in [0.25, 0.3) is 5.91 Å². The van der Waals surface area contributed by atoms with E-state index in [2.05, 4.69) is 14.8 Å². The number of pyridine rings is 1. The highest BCUT2D eigenvalue weighted by Gasteiger charge is 2.27. The maximum atomic E-state index is 11.5. The highest BCUT2D eigenvalue weighted by molar-refractivity contribution is 5.98. The van der Waals surface area contributed by atoms with E-state index in [9.17, 15) is 4.79 Å². The first-order chi connectivity index (χ1) is 10.2. The van der Waals surface area contributed by atoms with Gasteiger partial charge in [0.2, 0.25) is 0 Å². The molecule has 0 saturated carbocycles. The molecule has 6 heteroatoms. The fourth-order valence-electron chi connectivity index (χ4n) is 3.20. The van der Waals surface area contributed by atoms with Crippen LogP contribution in [-0.4, -0.2) is 61.7 Å². The largest absolute Gasteiger partial charge is 0.379 e. The number of carbonyl (C=O) groups is 1. The van der Waals surface area contributed by atoms with E-state index in [1.165, 1.54) is 0 Å². The lowest BCUT2D eigenvalue weighted by atomic mass is 10.1. The van der Waals surface area contributed by atoms with Crippen LogP contribution in [0.3, 0.4) is 0 Å². The van der Waals surface area contributed by atoms with Gasteiger partial charge in [-0.25, -0.2) is 0 Å². The van der Waals surface area contributed by atoms with Crippen molar-refractivity contribution in [2.75, 3.05) is 50.8 Å². The van der Waals surface area contributed by atoms with Gasteiger partial charge in [-0.15, -0.1) is 0 Å². The second kappa shape index (κ2) is 6.41. The number of hydrogen-bond donors (Lipinski definition) is 1. The molecule has 1 atom stereocenters. The Labute approximate surface area is 124 Å². The van der Waals surface area contributed by atoms with Gasteiger partial charge in [0.15, 0.2) is 0 Å². The minimum Gasteiger partial charge on any atom is -0.379 e. The molecule has 3 rings (SSSR count). The third-order valence-electron chi connectivity index (χ3n) is 4.31. The van der Waals surface area contributed by atoms with Crippen LogP contribution in [0.5, 0.6) is 0 Å². The van der Waals surface area contributed by atoms with Crippen molar-refractivity contribution >= 4 is 11.6 Å². The van der Waals surface area contributed by atoms with Gasteiger partial charge in [-0.3, -0.25) is 14.7 Å². The number of primary amides is 1. The maximum Gasteiger partial charge on any atom is 0.252 e. The molecule has 1 aromatic heterocycles. The molecule has 0 aliphatic carbocycles. The predicted octanol–water partition coefficient (Wildman–Crippen LogP) is 0.339. The average Bonchev–Trinajstić information content (AvgIpc) is 2.96. The smallest absolute Gasteiger partial charge is 0.252 e. The van der Waals surface area contributed by atoms with Gasteiger partial charge in [-0.05, 0) is 18.4 Å². The van der Waals surface area contributed by atoms with E-state index in [0.29, 0.717) is 11.5 Å². The van der Waals surface area contributed by atoms with Crippen LogP contribution in [0.4, 0.5) is 5.69 Å². The summed E-state index contributed by atoms with van der Waals surface area (Å²) in [5.74, 6) is 0.228. The molecule has 2 N–H and O–H groups in total. The van der Waals surface area contributed by atoms with Crippen molar-refractivity contribution in [1.82, 2.24) is 9.88 Å². The molecule has 1 unspecified atom stereocenters. The zero-order chi connectivity index (χ0) is 14.7. The Bertz CT molecular complexity index is 502. The van der Waals surface area contributed by atoms with Crippen molar-refractivity contribution in [3.05, 3.63) is 24.0 Å². The van der Waals surface area contributed by atoms with Crippen molar-refractivity contribution in [3.63, 3.8) is 0 Å². The molecule has 0 radical (unpaired) electrons. The van der Waals surface area contributed by atoms with Crippen molar-refractivity contribution in [2.45, 2.75) is 6.42 Å². The molecule has 3 heterocycles. The lowest BCUT2D eigenvalue weighted by Gasteiger charge is -2.29. The van der Waals surface area contributed by atoms with Gasteiger partial charge in [-0.1, -0.05) is 0 Å². The van der Waals surface area contributed by atoms with E-state index >= 15 is 0 Å². The third kappa shape index (κ3) is 3.33. The van der Waals surface area contributed by atoms with E-state index in [4.69, 9.17) is 10.5 Å². The first-order valence-electron chi connectivity index (χ1n) is 7.53. The number of nitrogens with two attached hydrogens (primary N) is 1. The number of rotatable bonds is 4. The van der Waals surface area contributed by atoms with Crippen LogP contribution in [0.25, 0.3) is 0 Å². The second-order valence-corrected chi connectivity index (χ2v) is 5.77. The summed E-state index contributed by atoms with van der Waals surface area (Å²) in [7, 11) is 0. The van der Waals surface area contributed by atoms with Crippen LogP contribution in [0.15, 0.2) is 18.5 Å². The van der Waals surface area contributed by atoms with E-state index in [0.717, 1.165) is 58.0 Å². The van der Waals surface area contributed by atoms with Crippen LogP contribution >= 0.6 is 0 Å². The van der Waals surface area contributed by atoms with Gasteiger partial charge in [-0.2, -0.15) is 0 Å². The molecule has 2 fully saturated rings. The Balaban J connectivity index is 1.63. The number of ether oxygens (including phenoxy) is 1. The average molecular weight is 290 g/mol. The molecule has 6 nitrogen and oxygen atoms in total. The molecule has 1 aromatic rings. The molecular formula is C15H22N4O2. The SMILES string of the molecule is NC(=O)c1cnccc1N1CCC(CN2CCOCC2)C1. The summed E-state index contributed by atoms with van der Waals surface area (Å²) in [4.78, 5) is 20.2. The lowest BCUT2D eigenvalue weighted by Crippen LogP contribution is -2.40. The fraction of sp³-hybridized carbons (Fsp3) is 0.600. The Kier molecular flexibility index (Phi) is 4.36. The van der Waals surface area contributed by atoms with Gasteiger partial charge < -0.3 is 15.4 Å². The Morgan fingerprint density at radius 3 is 2.95 bits per heavy atom. The quantitative estimate of drug-likeness (QED) is 0.866. The normalized spacial score (nSPS) is 23.4. The zero-order valence-corrected chi connectivity index (χ0v) is 12.2. The van der Waals surface area contributed by atoms with E-state index in [-0.39, 0.29) is 0 Å². The van der Waals surface area contributed by atoms with Gasteiger partial charge in [0.1, 0.15) is 0 Å². The fourth-order valence-corrected chi connectivity index (χ4v) is 3.20. The number of hydrogen-bond acceptors (Lipinski definition) is 5. The molecule has 2 saturated heterocycles. The van der Waals surface area contributed by atoms with E-state index in [1.807, 2.05) is 6.07 Å². The molecule has 2 aliphatic heterocycles. The van der Waals surface area contributed by atoms with Crippen molar-refractivity contribution < 1.29 is 9.53 Å². The minimum atomic E-state index is -0.408.